The molecule has 4 aromatic rings. The summed E-state index contributed by atoms with van der Waals surface area (Å²) in [5.74, 6) is 1.29. The van der Waals surface area contributed by atoms with E-state index in [4.69, 9.17) is 14.8 Å². The van der Waals surface area contributed by atoms with E-state index in [1.807, 2.05) is 48.5 Å². The maximum absolute atomic E-state index is 11.0. The molecule has 0 fully saturated rings. The first-order chi connectivity index (χ1) is 15.6. The molecule has 160 valence electrons. The van der Waals surface area contributed by atoms with Crippen LogP contribution in [0.15, 0.2) is 66.7 Å². The highest BCUT2D eigenvalue weighted by atomic mass is 16.7. The van der Waals surface area contributed by atoms with Crippen LogP contribution in [0.5, 0.6) is 5.75 Å². The number of carboxylic acid groups (broad SMARTS) is 1. The van der Waals surface area contributed by atoms with E-state index in [2.05, 4.69) is 17.6 Å². The van der Waals surface area contributed by atoms with E-state index in [-0.39, 0.29) is 0 Å². The first-order valence-corrected chi connectivity index (χ1v) is 10.6. The summed E-state index contributed by atoms with van der Waals surface area (Å²) in [5, 5.41) is 18.5. The van der Waals surface area contributed by atoms with Crippen molar-refractivity contribution in [2.45, 2.75) is 32.7 Å². The Kier molecular flexibility index (Phi) is 6.18. The highest BCUT2D eigenvalue weighted by Gasteiger charge is 2.14. The Labute approximate surface area is 186 Å². The molecule has 32 heavy (non-hydrogen) atoms. The van der Waals surface area contributed by atoms with Crippen molar-refractivity contribution >= 4 is 17.2 Å². The molecule has 3 aromatic carbocycles. The summed E-state index contributed by atoms with van der Waals surface area (Å²) >= 11 is 0. The van der Waals surface area contributed by atoms with Crippen molar-refractivity contribution in [1.82, 2.24) is 9.55 Å². The van der Waals surface area contributed by atoms with Crippen molar-refractivity contribution in [2.75, 3.05) is 0 Å². The molecule has 0 unspecified atom stereocenters. The number of hydrogen-bond acceptors (Lipinski definition) is 4. The van der Waals surface area contributed by atoms with Gasteiger partial charge in [-0.15, -0.1) is 0 Å². The molecule has 0 spiro atoms. The normalized spacial score (nSPS) is 10.8. The minimum atomic E-state index is -1.34. The fourth-order valence-corrected chi connectivity index (χ4v) is 3.85. The first-order valence-electron chi connectivity index (χ1n) is 10.6. The van der Waals surface area contributed by atoms with E-state index in [9.17, 15) is 10.1 Å². The SMILES string of the molecule is CCCCc1nc2c(C#N)cccc2n1Cc1ccc(-c2ccccc2OC(=O)O)cc1. The Morgan fingerprint density at radius 3 is 2.59 bits per heavy atom. The second-order valence-electron chi connectivity index (χ2n) is 7.56. The van der Waals surface area contributed by atoms with Gasteiger partial charge in [-0.2, -0.15) is 5.26 Å². The number of imidazole rings is 1. The van der Waals surface area contributed by atoms with E-state index in [0.29, 0.717) is 17.9 Å². The summed E-state index contributed by atoms with van der Waals surface area (Å²) in [6, 6.07) is 23.0. The van der Waals surface area contributed by atoms with Crippen LogP contribution >= 0.6 is 0 Å². The number of nitrogens with zero attached hydrogens (tertiary/aromatic N) is 3. The largest absolute Gasteiger partial charge is 0.511 e. The quantitative estimate of drug-likeness (QED) is 0.289. The molecule has 0 radical (unpaired) electrons. The van der Waals surface area contributed by atoms with Gasteiger partial charge in [0.15, 0.2) is 0 Å². The van der Waals surface area contributed by atoms with Crippen LogP contribution in [0.25, 0.3) is 22.2 Å². The number of ether oxygens (including phenoxy) is 1. The number of hydrogen-bond donors (Lipinski definition) is 1. The van der Waals surface area contributed by atoms with E-state index in [1.54, 1.807) is 18.2 Å². The maximum Gasteiger partial charge on any atom is 0.511 e. The van der Waals surface area contributed by atoms with Crippen LogP contribution in [-0.4, -0.2) is 20.8 Å². The standard InChI is InChI=1S/C26H23N3O3/c1-2-3-11-24-28-25-20(16-27)7-6-9-22(25)29(24)17-18-12-14-19(15-13-18)21-8-4-5-10-23(21)32-26(30)31/h4-10,12-15H,2-3,11,17H2,1H3,(H,30,31). The number of aryl methyl sites for hydroxylation is 1. The monoisotopic (exact) mass is 425 g/mol. The van der Waals surface area contributed by atoms with E-state index in [0.717, 1.165) is 52.8 Å². The Morgan fingerprint density at radius 1 is 1.09 bits per heavy atom. The zero-order valence-electron chi connectivity index (χ0n) is 17.8. The third kappa shape index (κ3) is 4.33. The highest BCUT2D eigenvalue weighted by Crippen LogP contribution is 2.30. The Bertz CT molecular complexity index is 1300. The second kappa shape index (κ2) is 9.36. The summed E-state index contributed by atoms with van der Waals surface area (Å²) < 4.78 is 7.10. The van der Waals surface area contributed by atoms with Crippen LogP contribution < -0.4 is 4.74 Å². The molecule has 0 saturated carbocycles. The summed E-state index contributed by atoms with van der Waals surface area (Å²) in [5.41, 5.74) is 4.97. The number of fused-ring (bicyclic) bond motifs is 1. The predicted octanol–water partition coefficient (Wildman–Crippen LogP) is 6.02. The third-order valence-corrected chi connectivity index (χ3v) is 5.42. The first kappa shape index (κ1) is 21.1. The fraction of sp³-hybridized carbons (Fsp3) is 0.192. The van der Waals surface area contributed by atoms with Crippen LogP contribution in [0.4, 0.5) is 4.79 Å². The van der Waals surface area contributed by atoms with Gasteiger partial charge in [-0.3, -0.25) is 0 Å². The highest BCUT2D eigenvalue weighted by molar-refractivity contribution is 5.82. The van der Waals surface area contributed by atoms with Crippen molar-refractivity contribution < 1.29 is 14.6 Å². The predicted molar refractivity (Wildman–Crippen MR) is 123 cm³/mol. The van der Waals surface area contributed by atoms with Gasteiger partial charge in [0.25, 0.3) is 0 Å². The number of benzene rings is 3. The van der Waals surface area contributed by atoms with Crippen molar-refractivity contribution in [3.63, 3.8) is 0 Å². The van der Waals surface area contributed by atoms with E-state index in [1.165, 1.54) is 0 Å². The van der Waals surface area contributed by atoms with Crippen molar-refractivity contribution in [1.29, 1.82) is 5.26 Å². The molecule has 6 nitrogen and oxygen atoms in total. The molecule has 1 aromatic heterocycles. The molecule has 6 heteroatoms. The van der Waals surface area contributed by atoms with Gasteiger partial charge in [-0.05, 0) is 35.7 Å². The lowest BCUT2D eigenvalue weighted by Crippen LogP contribution is -2.05. The average molecular weight is 425 g/mol. The van der Waals surface area contributed by atoms with Crippen molar-refractivity contribution in [3.8, 4) is 22.9 Å². The van der Waals surface area contributed by atoms with Gasteiger partial charge >= 0.3 is 6.16 Å². The lowest BCUT2D eigenvalue weighted by molar-refractivity contribution is 0.144. The van der Waals surface area contributed by atoms with Gasteiger partial charge in [0, 0.05) is 18.5 Å². The third-order valence-electron chi connectivity index (χ3n) is 5.42. The second-order valence-corrected chi connectivity index (χ2v) is 7.56. The van der Waals surface area contributed by atoms with Crippen LogP contribution in [0.1, 0.15) is 36.7 Å². The minimum Gasteiger partial charge on any atom is -0.449 e. The van der Waals surface area contributed by atoms with E-state index < -0.39 is 6.16 Å². The molecule has 0 amide bonds. The van der Waals surface area contributed by atoms with Gasteiger partial charge in [-0.1, -0.05) is 61.9 Å². The topological polar surface area (TPSA) is 88.1 Å². The number of para-hydroxylation sites is 2. The molecule has 0 atom stereocenters. The van der Waals surface area contributed by atoms with Gasteiger partial charge < -0.3 is 14.4 Å². The number of carbonyl (C=O) groups is 1. The molecule has 1 N–H and O–H groups in total. The van der Waals surface area contributed by atoms with Crippen LogP contribution in [-0.2, 0) is 13.0 Å². The van der Waals surface area contributed by atoms with Crippen LogP contribution in [0.3, 0.4) is 0 Å². The van der Waals surface area contributed by atoms with Gasteiger partial charge in [0.05, 0.1) is 11.1 Å². The van der Waals surface area contributed by atoms with Crippen molar-refractivity contribution in [3.05, 3.63) is 83.7 Å². The molecule has 0 aliphatic rings. The summed E-state index contributed by atoms with van der Waals surface area (Å²) in [6.07, 6.45) is 1.62. The fourth-order valence-electron chi connectivity index (χ4n) is 3.85. The van der Waals surface area contributed by atoms with Gasteiger partial charge in [0.2, 0.25) is 0 Å². The minimum absolute atomic E-state index is 0.305. The molecular weight excluding hydrogens is 402 g/mol. The zero-order valence-corrected chi connectivity index (χ0v) is 17.8. The zero-order chi connectivity index (χ0) is 22.5. The van der Waals surface area contributed by atoms with Crippen LogP contribution in [0, 0.1) is 11.3 Å². The summed E-state index contributed by atoms with van der Waals surface area (Å²) in [6.45, 7) is 2.79. The molecule has 0 saturated heterocycles. The van der Waals surface area contributed by atoms with Crippen molar-refractivity contribution in [2.24, 2.45) is 0 Å². The lowest BCUT2D eigenvalue weighted by Gasteiger charge is -2.11. The Balaban J connectivity index is 1.67. The number of nitriles is 1. The number of rotatable bonds is 7. The molecule has 1 heterocycles. The average Bonchev–Trinajstić information content (AvgIpc) is 3.15. The maximum atomic E-state index is 11.0. The Hall–Kier alpha value is -4.11. The van der Waals surface area contributed by atoms with Crippen LogP contribution in [0.2, 0.25) is 0 Å². The summed E-state index contributed by atoms with van der Waals surface area (Å²) in [7, 11) is 0. The molecule has 0 aliphatic heterocycles. The molecule has 0 aliphatic carbocycles. The number of unbranched alkanes of at least 4 members (excludes halogenated alkanes) is 1. The van der Waals surface area contributed by atoms with Gasteiger partial charge in [0.1, 0.15) is 23.2 Å². The Morgan fingerprint density at radius 2 is 1.88 bits per heavy atom. The number of aromatic nitrogens is 2. The molecule has 4 rings (SSSR count). The smallest absolute Gasteiger partial charge is 0.449 e. The summed E-state index contributed by atoms with van der Waals surface area (Å²) in [4.78, 5) is 15.8. The lowest BCUT2D eigenvalue weighted by atomic mass is 10.0. The van der Waals surface area contributed by atoms with E-state index >= 15 is 0 Å². The van der Waals surface area contributed by atoms with Gasteiger partial charge in [-0.25, -0.2) is 9.78 Å². The molecular formula is C26H23N3O3. The molecule has 0 bridgehead atoms.